The molecule has 440 valence electrons. The number of rotatable bonds is 10. The number of thiophene rings is 1. The third-order valence-corrected chi connectivity index (χ3v) is 17.9. The number of nitrogens with zero attached hydrogens (tertiary/aromatic N) is 6. The molecule has 8 aliphatic rings. The first-order chi connectivity index (χ1) is 41.4. The Labute approximate surface area is 505 Å². The molecule has 0 saturated heterocycles. The number of aromatic nitrogens is 1. The van der Waals surface area contributed by atoms with Crippen LogP contribution in [-0.2, 0) is 32.1 Å². The van der Waals surface area contributed by atoms with Crippen LogP contribution in [0.4, 0.5) is 28.4 Å². The summed E-state index contributed by atoms with van der Waals surface area (Å²) in [6, 6.07) is 24.5. The molecule has 2 aromatic heterocycles. The molecule has 16 nitrogen and oxygen atoms in total. The number of allylic oxidation sites excluding steroid dienone is 1. The van der Waals surface area contributed by atoms with Gasteiger partial charge in [0.15, 0.2) is 12.3 Å². The summed E-state index contributed by atoms with van der Waals surface area (Å²) in [5.74, 6) is 4.70. The SMILES string of the molecule is CCC1Cc2cc(-c3cccs3)c(N)cc2O1.CCC1Cc2cc(-c3nccs3)c(N)cc2O1.CCC1Cc2cc(C3C=CC=N3)c(N)cc2O1.CCC1Cc2cc(C3N=CC=N3)c(N)cc2O1.CCC1Cc2cc(C3N=CC=N3)c(N)cc2O1. The van der Waals surface area contributed by atoms with Crippen molar-refractivity contribution >= 4 is 82.2 Å². The van der Waals surface area contributed by atoms with Gasteiger partial charge in [0.1, 0.15) is 64.3 Å². The highest BCUT2D eigenvalue weighted by Gasteiger charge is 2.29. The molecule has 8 aliphatic heterocycles. The van der Waals surface area contributed by atoms with Gasteiger partial charge in [0.25, 0.3) is 0 Å². The van der Waals surface area contributed by atoms with Crippen LogP contribution in [0.15, 0.2) is 127 Å². The van der Waals surface area contributed by atoms with Crippen molar-refractivity contribution in [1.29, 1.82) is 0 Å². The molecule has 7 aromatic rings. The maximum atomic E-state index is 6.10. The van der Waals surface area contributed by atoms with E-state index in [0.717, 1.165) is 143 Å². The van der Waals surface area contributed by atoms with Crippen LogP contribution in [0.5, 0.6) is 28.7 Å². The second kappa shape index (κ2) is 26.2. The molecule has 0 radical (unpaired) electrons. The summed E-state index contributed by atoms with van der Waals surface area (Å²) in [4.78, 5) is 27.0. The molecule has 18 heteroatoms. The molecule has 0 saturated carbocycles. The summed E-state index contributed by atoms with van der Waals surface area (Å²) in [6.07, 6.45) is 25.7. The van der Waals surface area contributed by atoms with Crippen LogP contribution < -0.4 is 52.4 Å². The molecule has 6 atom stereocenters. The fourth-order valence-corrected chi connectivity index (χ4v) is 12.8. The topological polar surface area (TPSA) is 251 Å². The number of nitrogen functional groups attached to an aromatic ring is 5. The van der Waals surface area contributed by atoms with E-state index in [-0.39, 0.29) is 30.6 Å². The van der Waals surface area contributed by atoms with Crippen LogP contribution in [0.1, 0.15) is 130 Å². The van der Waals surface area contributed by atoms with E-state index in [2.05, 4.69) is 118 Å². The number of hydrogen-bond donors (Lipinski definition) is 5. The Morgan fingerprint density at radius 2 is 0.812 bits per heavy atom. The molecular formula is C67H75N11O5S2. The van der Waals surface area contributed by atoms with E-state index in [0.29, 0.717) is 29.7 Å². The lowest BCUT2D eigenvalue weighted by Crippen LogP contribution is -2.10. The number of anilines is 5. The van der Waals surface area contributed by atoms with Gasteiger partial charge in [-0.15, -0.1) is 22.7 Å². The van der Waals surface area contributed by atoms with Crippen LogP contribution in [0, 0.1) is 0 Å². The van der Waals surface area contributed by atoms with Crippen molar-refractivity contribution in [2.24, 2.45) is 25.0 Å². The van der Waals surface area contributed by atoms with E-state index in [4.69, 9.17) is 52.4 Å². The van der Waals surface area contributed by atoms with E-state index in [9.17, 15) is 0 Å². The number of nitrogens with two attached hydrogens (primary N) is 5. The fourth-order valence-electron chi connectivity index (χ4n) is 11.4. The molecule has 0 amide bonds. The Morgan fingerprint density at radius 1 is 0.424 bits per heavy atom. The predicted octanol–water partition coefficient (Wildman–Crippen LogP) is 13.8. The summed E-state index contributed by atoms with van der Waals surface area (Å²) in [7, 11) is 0. The molecule has 0 bridgehead atoms. The van der Waals surface area contributed by atoms with Gasteiger partial charge in [0, 0.05) is 166 Å². The first kappa shape index (κ1) is 58.3. The molecule has 10 N–H and O–H groups in total. The minimum absolute atomic E-state index is 0.0842. The van der Waals surface area contributed by atoms with Crippen molar-refractivity contribution in [3.63, 3.8) is 0 Å². The van der Waals surface area contributed by atoms with Crippen LogP contribution in [0.25, 0.3) is 21.0 Å². The average molecular weight is 1180 g/mol. The van der Waals surface area contributed by atoms with E-state index >= 15 is 0 Å². The number of fused-ring (bicyclic) bond motifs is 5. The van der Waals surface area contributed by atoms with Gasteiger partial charge in [0.05, 0.1) is 6.04 Å². The van der Waals surface area contributed by atoms with Gasteiger partial charge in [-0.3, -0.25) is 25.0 Å². The summed E-state index contributed by atoms with van der Waals surface area (Å²) in [6.45, 7) is 10.7. The van der Waals surface area contributed by atoms with Crippen molar-refractivity contribution < 1.29 is 23.7 Å². The first-order valence-corrected chi connectivity index (χ1v) is 31.3. The Hall–Kier alpha value is -8.48. The normalized spacial score (nSPS) is 20.9. The molecule has 0 fully saturated rings. The first-order valence-electron chi connectivity index (χ1n) is 29.6. The van der Waals surface area contributed by atoms with E-state index in [1.165, 1.54) is 32.7 Å². The number of benzene rings is 5. The third kappa shape index (κ3) is 13.1. The van der Waals surface area contributed by atoms with E-state index in [1.807, 2.05) is 48.0 Å². The van der Waals surface area contributed by atoms with E-state index < -0.39 is 0 Å². The summed E-state index contributed by atoms with van der Waals surface area (Å²) in [5.41, 5.74) is 45.5. The van der Waals surface area contributed by atoms with Crippen molar-refractivity contribution in [2.45, 2.75) is 148 Å². The van der Waals surface area contributed by atoms with Gasteiger partial charge in [-0.25, -0.2) is 4.98 Å². The predicted molar refractivity (Wildman–Crippen MR) is 351 cm³/mol. The zero-order chi connectivity index (χ0) is 59.1. The number of aliphatic imine (C=N–C) groups is 5. The Bertz CT molecular complexity index is 3350. The average Bonchev–Trinajstić information content (AvgIpc) is 3.83. The maximum Gasteiger partial charge on any atom is 0.167 e. The minimum atomic E-state index is -0.166. The second-order valence-corrected chi connectivity index (χ2v) is 23.8. The minimum Gasteiger partial charge on any atom is -0.490 e. The lowest BCUT2D eigenvalue weighted by atomic mass is 10.00. The largest absolute Gasteiger partial charge is 0.490 e. The van der Waals surface area contributed by atoms with Gasteiger partial charge in [-0.2, -0.15) is 0 Å². The van der Waals surface area contributed by atoms with Crippen LogP contribution in [-0.4, -0.2) is 66.6 Å². The highest BCUT2D eigenvalue weighted by atomic mass is 32.1. The van der Waals surface area contributed by atoms with Crippen LogP contribution in [0.2, 0.25) is 0 Å². The second-order valence-electron chi connectivity index (χ2n) is 22.0. The zero-order valence-electron chi connectivity index (χ0n) is 48.8. The number of thiazole rings is 1. The van der Waals surface area contributed by atoms with Crippen molar-refractivity contribution in [3.8, 4) is 49.8 Å². The van der Waals surface area contributed by atoms with Gasteiger partial charge < -0.3 is 52.4 Å². The lowest BCUT2D eigenvalue weighted by Gasteiger charge is -2.11. The van der Waals surface area contributed by atoms with Gasteiger partial charge in [0.2, 0.25) is 0 Å². The highest BCUT2D eigenvalue weighted by Crippen LogP contribution is 2.43. The molecule has 15 rings (SSSR count). The van der Waals surface area contributed by atoms with E-state index in [1.54, 1.807) is 53.7 Å². The summed E-state index contributed by atoms with van der Waals surface area (Å²) >= 11 is 3.33. The molecule has 0 aliphatic carbocycles. The number of ether oxygens (including phenoxy) is 5. The molecule has 10 heterocycles. The molecule has 5 aromatic carbocycles. The van der Waals surface area contributed by atoms with Gasteiger partial charge in [-0.1, -0.05) is 46.8 Å². The maximum absolute atomic E-state index is 6.10. The molecule has 6 unspecified atom stereocenters. The number of hydrogen-bond acceptors (Lipinski definition) is 18. The quantitative estimate of drug-likeness (QED) is 0.0805. The summed E-state index contributed by atoms with van der Waals surface area (Å²) in [5, 5.41) is 5.02. The Balaban J connectivity index is 0.000000111. The van der Waals surface area contributed by atoms with Crippen molar-refractivity contribution in [3.05, 3.63) is 146 Å². The smallest absolute Gasteiger partial charge is 0.167 e. The zero-order valence-corrected chi connectivity index (χ0v) is 50.5. The van der Waals surface area contributed by atoms with Gasteiger partial charge in [-0.05, 0) is 108 Å². The monoisotopic (exact) mass is 1180 g/mol. The molecule has 85 heavy (non-hydrogen) atoms. The standard InChI is InChI=1S/C14H16N2O.C14H15NOS.2C13H15N3O.C13H14N2OS/c1-2-10-6-9-7-11(13-4-3-5-16-13)12(15)8-14(9)17-10;1-2-10-6-9-7-11(14-4-3-5-17-14)12(15)8-13(9)16-10;2*1-2-9-5-8-6-10(13-15-3-4-16-13)11(14)7-12(8)17-9;1-2-9-5-8-6-10(13-15-3-4-17-13)11(14)7-12(8)16-9/h3-5,7-8,10,13H,2,6,15H2,1H3;3-5,7-8,10H,2,6,15H2,1H3;2*3-4,6-7,9,13H,2,5,14H2,1H3;3-4,6-7,9H,2,5,14H2,1H3. The Morgan fingerprint density at radius 3 is 1.19 bits per heavy atom. The summed E-state index contributed by atoms with van der Waals surface area (Å²) < 4.78 is 29.1. The molecular weight excluding hydrogens is 1100 g/mol. The van der Waals surface area contributed by atoms with Gasteiger partial charge >= 0.3 is 0 Å². The van der Waals surface area contributed by atoms with Crippen LogP contribution >= 0.6 is 22.7 Å². The molecule has 0 spiro atoms. The van der Waals surface area contributed by atoms with Crippen molar-refractivity contribution in [2.75, 3.05) is 28.7 Å². The fraction of sp³-hybridized carbons (Fsp3) is 0.343. The highest BCUT2D eigenvalue weighted by molar-refractivity contribution is 7.13. The van der Waals surface area contributed by atoms with Crippen LogP contribution in [0.3, 0.4) is 0 Å². The Kier molecular flexibility index (Phi) is 18.0. The third-order valence-electron chi connectivity index (χ3n) is 16.2. The lowest BCUT2D eigenvalue weighted by molar-refractivity contribution is 0.228. The van der Waals surface area contributed by atoms with Crippen molar-refractivity contribution in [1.82, 2.24) is 4.98 Å².